The Morgan fingerprint density at radius 2 is 2.08 bits per heavy atom. The number of hydrogen-bond donors (Lipinski definition) is 2. The number of phenolic OH excluding ortho intramolecular Hbond substituents is 1. The number of rotatable bonds is 3. The predicted molar refractivity (Wildman–Crippen MR) is 95.8 cm³/mol. The third-order valence-corrected chi connectivity index (χ3v) is 4.73. The Hall–Kier alpha value is -2.86. The number of thiazole rings is 1. The van der Waals surface area contributed by atoms with Crippen molar-refractivity contribution in [3.8, 4) is 5.75 Å². The summed E-state index contributed by atoms with van der Waals surface area (Å²) in [4.78, 5) is 16.2. The highest BCUT2D eigenvalue weighted by atomic mass is 32.1. The zero-order valence-electron chi connectivity index (χ0n) is 12.9. The van der Waals surface area contributed by atoms with Gasteiger partial charge in [0.25, 0.3) is 0 Å². The molecule has 5 nitrogen and oxygen atoms in total. The molecule has 0 saturated heterocycles. The van der Waals surface area contributed by atoms with Gasteiger partial charge in [-0.1, -0.05) is 0 Å². The average molecular weight is 338 g/mol. The summed E-state index contributed by atoms with van der Waals surface area (Å²) in [5.41, 5.74) is 2.73. The molecule has 0 radical (unpaired) electrons. The molecule has 0 fully saturated rings. The number of fused-ring (bicyclic) bond motifs is 2. The number of nitrogens with zero attached hydrogens (tertiary/aromatic N) is 1. The van der Waals surface area contributed by atoms with Crippen molar-refractivity contribution >= 4 is 38.2 Å². The van der Waals surface area contributed by atoms with E-state index in [0.29, 0.717) is 12.1 Å². The number of anilines is 1. The molecule has 0 bridgehead atoms. The van der Waals surface area contributed by atoms with Gasteiger partial charge in [-0.2, -0.15) is 0 Å². The van der Waals surface area contributed by atoms with Crippen LogP contribution in [0.25, 0.3) is 21.2 Å². The highest BCUT2D eigenvalue weighted by Crippen LogP contribution is 2.26. The smallest absolute Gasteiger partial charge is 0.336 e. The summed E-state index contributed by atoms with van der Waals surface area (Å²) >= 11 is 1.65. The SMILES string of the molecule is Cc1nc2ccc(NCc3cc(=O)oc4cc(O)ccc34)cc2s1. The van der Waals surface area contributed by atoms with Gasteiger partial charge in [-0.3, -0.25) is 0 Å². The molecule has 0 aliphatic carbocycles. The number of phenols is 1. The van der Waals surface area contributed by atoms with Gasteiger partial charge in [-0.05, 0) is 42.8 Å². The molecule has 2 N–H and O–H groups in total. The second-order valence-corrected chi connectivity index (χ2v) is 6.77. The molecule has 0 aliphatic heterocycles. The van der Waals surface area contributed by atoms with E-state index in [1.54, 1.807) is 23.5 Å². The molecule has 2 aromatic heterocycles. The summed E-state index contributed by atoms with van der Waals surface area (Å²) in [5.74, 6) is 0.0711. The van der Waals surface area contributed by atoms with Crippen LogP contribution in [0.3, 0.4) is 0 Å². The molecule has 2 aromatic carbocycles. The van der Waals surface area contributed by atoms with E-state index in [1.165, 1.54) is 12.1 Å². The number of aryl methyl sites for hydroxylation is 1. The maximum absolute atomic E-state index is 11.7. The maximum atomic E-state index is 11.7. The molecule has 0 aliphatic rings. The van der Waals surface area contributed by atoms with Gasteiger partial charge in [-0.15, -0.1) is 11.3 Å². The Kier molecular flexibility index (Phi) is 3.46. The predicted octanol–water partition coefficient (Wildman–Crippen LogP) is 4.03. The van der Waals surface area contributed by atoms with Crippen LogP contribution in [0.15, 0.2) is 51.7 Å². The van der Waals surface area contributed by atoms with Crippen molar-refractivity contribution in [2.45, 2.75) is 13.5 Å². The molecule has 0 unspecified atom stereocenters. The lowest BCUT2D eigenvalue weighted by Crippen LogP contribution is -2.05. The first kappa shape index (κ1) is 14.7. The van der Waals surface area contributed by atoms with Gasteiger partial charge < -0.3 is 14.8 Å². The first-order chi connectivity index (χ1) is 11.6. The van der Waals surface area contributed by atoms with Crippen LogP contribution in [0.5, 0.6) is 5.75 Å². The van der Waals surface area contributed by atoms with Crippen molar-refractivity contribution in [3.05, 3.63) is 63.5 Å². The van der Waals surface area contributed by atoms with E-state index in [0.717, 1.165) is 31.9 Å². The van der Waals surface area contributed by atoms with Crippen LogP contribution in [-0.4, -0.2) is 10.1 Å². The van der Waals surface area contributed by atoms with E-state index in [4.69, 9.17) is 4.42 Å². The summed E-state index contributed by atoms with van der Waals surface area (Å²) in [6, 6.07) is 12.3. The van der Waals surface area contributed by atoms with E-state index in [-0.39, 0.29) is 5.75 Å². The Labute approximate surface area is 141 Å². The lowest BCUT2D eigenvalue weighted by Gasteiger charge is -2.09. The minimum absolute atomic E-state index is 0.0711. The van der Waals surface area contributed by atoms with Gasteiger partial charge in [0.05, 0.1) is 15.2 Å². The van der Waals surface area contributed by atoms with E-state index in [9.17, 15) is 9.90 Å². The van der Waals surface area contributed by atoms with Gasteiger partial charge in [0, 0.05) is 29.8 Å². The molecule has 0 amide bonds. The number of benzene rings is 2. The highest BCUT2D eigenvalue weighted by Gasteiger charge is 2.07. The van der Waals surface area contributed by atoms with Crippen molar-refractivity contribution in [2.75, 3.05) is 5.32 Å². The molecule has 2 heterocycles. The Bertz CT molecular complexity index is 1110. The van der Waals surface area contributed by atoms with Crippen molar-refractivity contribution in [2.24, 2.45) is 0 Å². The van der Waals surface area contributed by atoms with E-state index in [1.807, 2.05) is 19.1 Å². The van der Waals surface area contributed by atoms with Crippen LogP contribution < -0.4 is 10.9 Å². The minimum atomic E-state index is -0.432. The van der Waals surface area contributed by atoms with Gasteiger partial charge >= 0.3 is 5.63 Å². The fourth-order valence-electron chi connectivity index (χ4n) is 2.71. The number of hydrogen-bond acceptors (Lipinski definition) is 6. The lowest BCUT2D eigenvalue weighted by atomic mass is 10.1. The number of aromatic nitrogens is 1. The van der Waals surface area contributed by atoms with E-state index in [2.05, 4.69) is 16.4 Å². The van der Waals surface area contributed by atoms with Crippen LogP contribution >= 0.6 is 11.3 Å². The molecule has 120 valence electrons. The standard InChI is InChI=1S/C18H14N2O3S/c1-10-20-15-5-2-12(7-17(15)24-10)19-9-11-6-18(22)23-16-8-13(21)3-4-14(11)16/h2-8,19,21H,9H2,1H3. The molecule has 0 spiro atoms. The highest BCUT2D eigenvalue weighted by molar-refractivity contribution is 7.18. The fraction of sp³-hybridized carbons (Fsp3) is 0.111. The fourth-order valence-corrected chi connectivity index (χ4v) is 3.58. The van der Waals surface area contributed by atoms with E-state index >= 15 is 0 Å². The second-order valence-electron chi connectivity index (χ2n) is 5.54. The molecule has 0 saturated carbocycles. The summed E-state index contributed by atoms with van der Waals surface area (Å²) in [5, 5.41) is 14.7. The largest absolute Gasteiger partial charge is 0.508 e. The molecule has 4 aromatic rings. The van der Waals surface area contributed by atoms with Gasteiger partial charge in [0.1, 0.15) is 11.3 Å². The Balaban J connectivity index is 1.67. The van der Waals surface area contributed by atoms with Crippen LogP contribution in [-0.2, 0) is 6.54 Å². The third kappa shape index (κ3) is 2.72. The molecule has 6 heteroatoms. The third-order valence-electron chi connectivity index (χ3n) is 3.79. The zero-order chi connectivity index (χ0) is 16.7. The topological polar surface area (TPSA) is 75.4 Å². The van der Waals surface area contributed by atoms with Crippen molar-refractivity contribution in [1.82, 2.24) is 4.98 Å². The quantitative estimate of drug-likeness (QED) is 0.552. The lowest BCUT2D eigenvalue weighted by molar-refractivity contribution is 0.473. The first-order valence-corrected chi connectivity index (χ1v) is 8.27. The van der Waals surface area contributed by atoms with Gasteiger partial charge in [-0.25, -0.2) is 9.78 Å². The van der Waals surface area contributed by atoms with Crippen molar-refractivity contribution < 1.29 is 9.52 Å². The van der Waals surface area contributed by atoms with Gasteiger partial charge in [0.2, 0.25) is 0 Å². The van der Waals surface area contributed by atoms with Gasteiger partial charge in [0.15, 0.2) is 0 Å². The maximum Gasteiger partial charge on any atom is 0.336 e. The monoisotopic (exact) mass is 338 g/mol. The van der Waals surface area contributed by atoms with Crippen molar-refractivity contribution in [1.29, 1.82) is 0 Å². The van der Waals surface area contributed by atoms with Crippen LogP contribution in [0.2, 0.25) is 0 Å². The molecule has 24 heavy (non-hydrogen) atoms. The summed E-state index contributed by atoms with van der Waals surface area (Å²) in [6.07, 6.45) is 0. The van der Waals surface area contributed by atoms with Crippen LogP contribution in [0.4, 0.5) is 5.69 Å². The second kappa shape index (κ2) is 5.65. The number of nitrogens with one attached hydrogen (secondary N) is 1. The molecular weight excluding hydrogens is 324 g/mol. The normalized spacial score (nSPS) is 11.2. The summed E-state index contributed by atoms with van der Waals surface area (Å²) in [6.45, 7) is 2.47. The molecule has 0 atom stereocenters. The minimum Gasteiger partial charge on any atom is -0.508 e. The molecular formula is C18H14N2O3S. The van der Waals surface area contributed by atoms with Crippen molar-refractivity contribution in [3.63, 3.8) is 0 Å². The summed E-state index contributed by atoms with van der Waals surface area (Å²) < 4.78 is 6.27. The average Bonchev–Trinajstić information content (AvgIpc) is 2.91. The Morgan fingerprint density at radius 1 is 1.21 bits per heavy atom. The Morgan fingerprint density at radius 3 is 2.96 bits per heavy atom. The van der Waals surface area contributed by atoms with Crippen LogP contribution in [0, 0.1) is 6.92 Å². The molecule has 4 rings (SSSR count). The summed E-state index contributed by atoms with van der Waals surface area (Å²) in [7, 11) is 0. The number of aromatic hydroxyl groups is 1. The van der Waals surface area contributed by atoms with Crippen LogP contribution in [0.1, 0.15) is 10.6 Å². The van der Waals surface area contributed by atoms with E-state index < -0.39 is 5.63 Å². The first-order valence-electron chi connectivity index (χ1n) is 7.45. The zero-order valence-corrected chi connectivity index (χ0v) is 13.7.